The summed E-state index contributed by atoms with van der Waals surface area (Å²) in [4.78, 5) is 28.7. The molecule has 5 rings (SSSR count). The first-order valence-electron chi connectivity index (χ1n) is 13.1. The van der Waals surface area contributed by atoms with Gasteiger partial charge in [-0.15, -0.1) is 0 Å². The third-order valence-corrected chi connectivity index (χ3v) is 7.26. The smallest absolute Gasteiger partial charge is 0.223 e. The summed E-state index contributed by atoms with van der Waals surface area (Å²) in [5, 5.41) is 22.0. The van der Waals surface area contributed by atoms with Crippen LogP contribution in [0, 0.1) is 0 Å². The lowest BCUT2D eigenvalue weighted by atomic mass is 9.85. The van der Waals surface area contributed by atoms with Gasteiger partial charge in [0, 0.05) is 54.3 Å². The van der Waals surface area contributed by atoms with Crippen LogP contribution in [0.4, 0.5) is 0 Å². The van der Waals surface area contributed by atoms with Crippen molar-refractivity contribution in [1.82, 2.24) is 4.90 Å². The van der Waals surface area contributed by atoms with Crippen LogP contribution in [0.25, 0.3) is 22.3 Å². The summed E-state index contributed by atoms with van der Waals surface area (Å²) in [6.07, 6.45) is -0.113. The van der Waals surface area contributed by atoms with E-state index in [2.05, 4.69) is 0 Å². The number of hydrogen-bond acceptors (Lipinski definition) is 9. The fourth-order valence-electron chi connectivity index (χ4n) is 5.29. The van der Waals surface area contributed by atoms with Crippen molar-refractivity contribution in [2.24, 2.45) is 0 Å². The molecule has 0 unspecified atom stereocenters. The van der Waals surface area contributed by atoms with Gasteiger partial charge in [0.25, 0.3) is 0 Å². The van der Waals surface area contributed by atoms with E-state index in [-0.39, 0.29) is 46.1 Å². The zero-order chi connectivity index (χ0) is 29.1. The zero-order valence-corrected chi connectivity index (χ0v) is 23.0. The standard InChI is InChI=1S/C31H31NO9/c1-37-24-10-9-19(29(38-2)30(24)39-3)20(15-26(36)32-11-13-40-14-12-32)27-21(33)16-22(34)28-23(35)17-25(41-31(27)28)18-7-5-4-6-8-18/h4-10,16-17,20,33-34H,11-15H2,1-3H3/t20-/m1/s1. The minimum Gasteiger partial charge on any atom is -0.507 e. The van der Waals surface area contributed by atoms with E-state index in [1.807, 2.05) is 6.07 Å². The molecule has 2 heterocycles. The van der Waals surface area contributed by atoms with E-state index < -0.39 is 17.1 Å². The Hall–Kier alpha value is -4.70. The maximum atomic E-state index is 13.7. The number of carbonyl (C=O) groups is 1. The van der Waals surface area contributed by atoms with Crippen LogP contribution < -0.4 is 19.6 Å². The Balaban J connectivity index is 1.79. The molecule has 1 fully saturated rings. The summed E-state index contributed by atoms with van der Waals surface area (Å²) in [5.41, 5.74) is 0.735. The summed E-state index contributed by atoms with van der Waals surface area (Å²) in [7, 11) is 4.43. The molecule has 41 heavy (non-hydrogen) atoms. The van der Waals surface area contributed by atoms with Gasteiger partial charge in [-0.1, -0.05) is 36.4 Å². The molecule has 1 aromatic heterocycles. The molecule has 1 aliphatic heterocycles. The molecule has 0 radical (unpaired) electrons. The van der Waals surface area contributed by atoms with E-state index >= 15 is 0 Å². The molecule has 10 heteroatoms. The van der Waals surface area contributed by atoms with Crippen LogP contribution in [-0.4, -0.2) is 68.7 Å². The van der Waals surface area contributed by atoms with E-state index in [0.29, 0.717) is 48.9 Å². The first-order valence-corrected chi connectivity index (χ1v) is 13.1. The minimum absolute atomic E-state index is 0.0366. The number of aromatic hydroxyl groups is 2. The molecule has 0 aliphatic carbocycles. The fourth-order valence-corrected chi connectivity index (χ4v) is 5.29. The highest BCUT2D eigenvalue weighted by molar-refractivity contribution is 5.91. The Morgan fingerprint density at radius 2 is 1.63 bits per heavy atom. The van der Waals surface area contributed by atoms with E-state index in [4.69, 9.17) is 23.4 Å². The van der Waals surface area contributed by atoms with Crippen molar-refractivity contribution in [3.63, 3.8) is 0 Å². The molecule has 4 aromatic rings. The lowest BCUT2D eigenvalue weighted by Crippen LogP contribution is -2.41. The van der Waals surface area contributed by atoms with E-state index in [9.17, 15) is 19.8 Å². The topological polar surface area (TPSA) is 128 Å². The van der Waals surface area contributed by atoms with Gasteiger partial charge in [-0.3, -0.25) is 9.59 Å². The number of phenolic OH excluding ortho intramolecular Hbond substituents is 2. The third kappa shape index (κ3) is 5.26. The predicted molar refractivity (Wildman–Crippen MR) is 151 cm³/mol. The maximum Gasteiger partial charge on any atom is 0.223 e. The lowest BCUT2D eigenvalue weighted by molar-refractivity contribution is -0.135. The van der Waals surface area contributed by atoms with Crippen molar-refractivity contribution < 1.29 is 38.4 Å². The van der Waals surface area contributed by atoms with Gasteiger partial charge in [0.05, 0.1) is 34.5 Å². The molecule has 0 spiro atoms. The van der Waals surface area contributed by atoms with Crippen LogP contribution in [0.5, 0.6) is 28.7 Å². The van der Waals surface area contributed by atoms with Gasteiger partial charge in [0.1, 0.15) is 28.2 Å². The Bertz CT molecular complexity index is 1620. The fraction of sp³-hybridized carbons (Fsp3) is 0.290. The number of benzene rings is 3. The Morgan fingerprint density at radius 1 is 0.927 bits per heavy atom. The number of amides is 1. The second-order valence-corrected chi connectivity index (χ2v) is 9.55. The van der Waals surface area contributed by atoms with Crippen LogP contribution in [0.15, 0.2) is 63.8 Å². The first kappa shape index (κ1) is 27.9. The summed E-state index contributed by atoms with van der Waals surface area (Å²) in [6.45, 7) is 1.67. The summed E-state index contributed by atoms with van der Waals surface area (Å²) < 4.78 is 28.5. The highest BCUT2D eigenvalue weighted by atomic mass is 16.5. The summed E-state index contributed by atoms with van der Waals surface area (Å²) >= 11 is 0. The second-order valence-electron chi connectivity index (χ2n) is 9.55. The van der Waals surface area contributed by atoms with Crippen molar-refractivity contribution in [3.05, 3.63) is 75.9 Å². The van der Waals surface area contributed by atoms with Crippen molar-refractivity contribution in [2.45, 2.75) is 12.3 Å². The van der Waals surface area contributed by atoms with Gasteiger partial charge in [-0.25, -0.2) is 0 Å². The van der Waals surface area contributed by atoms with Crippen molar-refractivity contribution >= 4 is 16.9 Å². The van der Waals surface area contributed by atoms with E-state index in [1.165, 1.54) is 27.4 Å². The van der Waals surface area contributed by atoms with Crippen LogP contribution in [0.3, 0.4) is 0 Å². The van der Waals surface area contributed by atoms with E-state index in [1.54, 1.807) is 41.3 Å². The summed E-state index contributed by atoms with van der Waals surface area (Å²) in [5.74, 6) is -0.628. The van der Waals surface area contributed by atoms with Gasteiger partial charge in [-0.2, -0.15) is 0 Å². The Labute approximate surface area is 236 Å². The Morgan fingerprint density at radius 3 is 2.29 bits per heavy atom. The number of phenols is 2. The SMILES string of the molecule is COc1ccc([C@@H](CC(=O)N2CCOCC2)c2c(O)cc(O)c3c(=O)cc(-c4ccccc4)oc23)c(OC)c1OC. The highest BCUT2D eigenvalue weighted by Crippen LogP contribution is 2.49. The quantitative estimate of drug-likeness (QED) is 0.324. The zero-order valence-electron chi connectivity index (χ0n) is 23.0. The molecule has 1 aliphatic rings. The molecule has 1 amide bonds. The van der Waals surface area contributed by atoms with Gasteiger partial charge in [-0.05, 0) is 6.07 Å². The van der Waals surface area contributed by atoms with Crippen molar-refractivity contribution in [1.29, 1.82) is 0 Å². The molecule has 3 aromatic carbocycles. The third-order valence-electron chi connectivity index (χ3n) is 7.26. The number of nitrogens with zero attached hydrogens (tertiary/aromatic N) is 1. The number of carbonyl (C=O) groups excluding carboxylic acids is 1. The second kappa shape index (κ2) is 11.8. The van der Waals surface area contributed by atoms with Gasteiger partial charge in [0.15, 0.2) is 16.9 Å². The number of ether oxygens (including phenoxy) is 4. The van der Waals surface area contributed by atoms with Crippen LogP contribution >= 0.6 is 0 Å². The first-order chi connectivity index (χ1) is 19.9. The molecular weight excluding hydrogens is 530 g/mol. The molecule has 1 atom stereocenters. The number of morpholine rings is 1. The molecule has 1 saturated heterocycles. The number of rotatable bonds is 8. The van der Waals surface area contributed by atoms with E-state index in [0.717, 1.165) is 6.07 Å². The normalized spacial score (nSPS) is 14.1. The molecule has 0 saturated carbocycles. The Kier molecular flexibility index (Phi) is 8.02. The van der Waals surface area contributed by atoms with Crippen LogP contribution in [-0.2, 0) is 9.53 Å². The number of fused-ring (bicyclic) bond motifs is 1. The van der Waals surface area contributed by atoms with Gasteiger partial charge in [0.2, 0.25) is 11.7 Å². The average Bonchev–Trinajstić information content (AvgIpc) is 2.99. The molecule has 0 bridgehead atoms. The summed E-state index contributed by atoms with van der Waals surface area (Å²) in [6, 6.07) is 14.8. The lowest BCUT2D eigenvalue weighted by Gasteiger charge is -2.30. The monoisotopic (exact) mass is 561 g/mol. The minimum atomic E-state index is -0.877. The molecular formula is C31H31NO9. The van der Waals surface area contributed by atoms with Crippen LogP contribution in [0.1, 0.15) is 23.5 Å². The van der Waals surface area contributed by atoms with Gasteiger partial charge >= 0.3 is 0 Å². The largest absolute Gasteiger partial charge is 0.507 e. The molecule has 10 nitrogen and oxygen atoms in total. The number of hydrogen-bond donors (Lipinski definition) is 2. The number of methoxy groups -OCH3 is 3. The van der Waals surface area contributed by atoms with Crippen LogP contribution in [0.2, 0.25) is 0 Å². The molecule has 214 valence electrons. The van der Waals surface area contributed by atoms with Gasteiger partial charge < -0.3 is 38.5 Å². The molecule has 2 N–H and O–H groups in total. The predicted octanol–water partition coefficient (Wildman–Crippen LogP) is 4.28. The van der Waals surface area contributed by atoms with Crippen molar-refractivity contribution in [3.8, 4) is 40.1 Å². The average molecular weight is 562 g/mol. The van der Waals surface area contributed by atoms with Crippen molar-refractivity contribution in [2.75, 3.05) is 47.6 Å². The maximum absolute atomic E-state index is 13.7. The highest BCUT2D eigenvalue weighted by Gasteiger charge is 2.33.